The molecule has 3 atom stereocenters. The van der Waals surface area contributed by atoms with Gasteiger partial charge in [0.05, 0.1) is 6.61 Å². The molecule has 0 spiro atoms. The number of rotatable bonds is 7. The maximum absolute atomic E-state index is 5.30. The van der Waals surface area contributed by atoms with Gasteiger partial charge in [0.15, 0.2) is 0 Å². The van der Waals surface area contributed by atoms with Crippen LogP contribution in [0, 0.1) is 5.92 Å². The zero-order valence-corrected chi connectivity index (χ0v) is 13.7. The number of methoxy groups -OCH3 is 1. The normalized spacial score (nSPS) is 24.9. The zero-order chi connectivity index (χ0) is 15.1. The highest BCUT2D eigenvalue weighted by Gasteiger charge is 2.27. The fraction of sp³-hybridized carbons (Fsp3) is 0.667. The first-order chi connectivity index (χ1) is 10.2. The summed E-state index contributed by atoms with van der Waals surface area (Å²) in [6, 6.07) is 11.9. The van der Waals surface area contributed by atoms with E-state index in [2.05, 4.69) is 54.4 Å². The van der Waals surface area contributed by atoms with Crippen molar-refractivity contribution in [2.24, 2.45) is 5.92 Å². The maximum atomic E-state index is 5.30. The third-order valence-electron chi connectivity index (χ3n) is 4.55. The number of nitrogens with zero attached hydrogens (tertiary/aromatic N) is 1. The standard InChI is InChI=1S/C18H30N2O/c1-4-17(14-21-3)19-18-10-11-20(12-15(18)2)13-16-8-6-5-7-9-16/h5-9,15,17-19H,4,10-14H2,1-3H3/t15-,17-,18-/m1/s1. The first-order valence-electron chi connectivity index (χ1n) is 8.24. The Hall–Kier alpha value is -0.900. The van der Waals surface area contributed by atoms with E-state index < -0.39 is 0 Å². The van der Waals surface area contributed by atoms with Crippen LogP contribution in [0.3, 0.4) is 0 Å². The first kappa shape index (κ1) is 16.5. The summed E-state index contributed by atoms with van der Waals surface area (Å²) in [5.41, 5.74) is 1.42. The predicted molar refractivity (Wildman–Crippen MR) is 88.4 cm³/mol. The minimum Gasteiger partial charge on any atom is -0.383 e. The molecule has 0 unspecified atom stereocenters. The van der Waals surface area contributed by atoms with Crippen molar-refractivity contribution in [3.8, 4) is 0 Å². The molecule has 0 saturated carbocycles. The second-order valence-electron chi connectivity index (χ2n) is 6.32. The number of nitrogens with one attached hydrogen (secondary N) is 1. The van der Waals surface area contributed by atoms with E-state index in [9.17, 15) is 0 Å². The van der Waals surface area contributed by atoms with Crippen LogP contribution in [0.2, 0.25) is 0 Å². The molecule has 0 aromatic heterocycles. The predicted octanol–water partition coefficient (Wildman–Crippen LogP) is 2.91. The molecule has 1 aromatic carbocycles. The average Bonchev–Trinajstić information content (AvgIpc) is 2.50. The van der Waals surface area contributed by atoms with Gasteiger partial charge in [-0.25, -0.2) is 0 Å². The molecule has 0 radical (unpaired) electrons. The highest BCUT2D eigenvalue weighted by Crippen LogP contribution is 2.19. The highest BCUT2D eigenvalue weighted by molar-refractivity contribution is 5.14. The molecule has 1 aromatic rings. The van der Waals surface area contributed by atoms with Gasteiger partial charge in [-0.3, -0.25) is 4.90 Å². The Bertz CT molecular complexity index is 395. The summed E-state index contributed by atoms with van der Waals surface area (Å²) in [6.07, 6.45) is 2.36. The summed E-state index contributed by atoms with van der Waals surface area (Å²) < 4.78 is 5.30. The van der Waals surface area contributed by atoms with Gasteiger partial charge in [0.1, 0.15) is 0 Å². The van der Waals surface area contributed by atoms with E-state index in [1.807, 2.05) is 0 Å². The topological polar surface area (TPSA) is 24.5 Å². The lowest BCUT2D eigenvalue weighted by Gasteiger charge is -2.39. The Balaban J connectivity index is 1.81. The van der Waals surface area contributed by atoms with E-state index in [1.165, 1.54) is 25.1 Å². The van der Waals surface area contributed by atoms with Crippen molar-refractivity contribution < 1.29 is 4.74 Å². The number of likely N-dealkylation sites (tertiary alicyclic amines) is 1. The van der Waals surface area contributed by atoms with Gasteiger partial charge in [0.25, 0.3) is 0 Å². The SMILES string of the molecule is CC[C@H](COC)N[C@@H]1CCN(Cc2ccccc2)C[C@H]1C. The van der Waals surface area contributed by atoms with E-state index in [-0.39, 0.29) is 0 Å². The lowest BCUT2D eigenvalue weighted by molar-refractivity contribution is 0.110. The molecular weight excluding hydrogens is 260 g/mol. The summed E-state index contributed by atoms with van der Waals surface area (Å²) in [6.45, 7) is 8.84. The molecule has 3 nitrogen and oxygen atoms in total. The molecule has 1 N–H and O–H groups in total. The molecule has 2 rings (SSSR count). The Kier molecular flexibility index (Phi) is 6.68. The molecule has 0 amide bonds. The van der Waals surface area contributed by atoms with E-state index in [0.29, 0.717) is 18.0 Å². The molecule has 1 saturated heterocycles. The Morgan fingerprint density at radius 1 is 1.33 bits per heavy atom. The summed E-state index contributed by atoms with van der Waals surface area (Å²) >= 11 is 0. The molecule has 0 aliphatic carbocycles. The third-order valence-corrected chi connectivity index (χ3v) is 4.55. The number of benzene rings is 1. The Morgan fingerprint density at radius 2 is 2.10 bits per heavy atom. The van der Waals surface area contributed by atoms with Crippen LogP contribution in [0.25, 0.3) is 0 Å². The van der Waals surface area contributed by atoms with Crippen molar-refractivity contribution in [2.45, 2.75) is 45.3 Å². The maximum Gasteiger partial charge on any atom is 0.0615 e. The van der Waals surface area contributed by atoms with Crippen molar-refractivity contribution in [3.63, 3.8) is 0 Å². The number of piperidine rings is 1. The van der Waals surface area contributed by atoms with E-state index >= 15 is 0 Å². The third kappa shape index (κ3) is 5.10. The van der Waals surface area contributed by atoms with Gasteiger partial charge in [-0.15, -0.1) is 0 Å². The Labute approximate surface area is 129 Å². The van der Waals surface area contributed by atoms with Crippen molar-refractivity contribution in [3.05, 3.63) is 35.9 Å². The van der Waals surface area contributed by atoms with Crippen molar-refractivity contribution in [1.29, 1.82) is 0 Å². The van der Waals surface area contributed by atoms with Crippen LogP contribution in [-0.2, 0) is 11.3 Å². The molecular formula is C18H30N2O. The van der Waals surface area contributed by atoms with Crippen LogP contribution in [-0.4, -0.2) is 43.8 Å². The fourth-order valence-corrected chi connectivity index (χ4v) is 3.25. The van der Waals surface area contributed by atoms with Crippen molar-refractivity contribution >= 4 is 0 Å². The van der Waals surface area contributed by atoms with Crippen molar-refractivity contribution in [1.82, 2.24) is 10.2 Å². The molecule has 1 fully saturated rings. The van der Waals surface area contributed by atoms with Gasteiger partial charge in [-0.05, 0) is 30.9 Å². The van der Waals surface area contributed by atoms with E-state index in [1.54, 1.807) is 7.11 Å². The quantitative estimate of drug-likeness (QED) is 0.835. The van der Waals surface area contributed by atoms with Crippen LogP contribution in [0.1, 0.15) is 32.3 Å². The van der Waals surface area contributed by atoms with Crippen LogP contribution in [0.15, 0.2) is 30.3 Å². The van der Waals surface area contributed by atoms with Crippen LogP contribution in [0.5, 0.6) is 0 Å². The molecule has 1 aliphatic rings. The molecule has 3 heteroatoms. The second kappa shape index (κ2) is 8.52. The molecule has 21 heavy (non-hydrogen) atoms. The fourth-order valence-electron chi connectivity index (χ4n) is 3.25. The number of hydrogen-bond acceptors (Lipinski definition) is 3. The second-order valence-corrected chi connectivity index (χ2v) is 6.32. The van der Waals surface area contributed by atoms with E-state index in [0.717, 1.165) is 19.6 Å². The smallest absolute Gasteiger partial charge is 0.0615 e. The summed E-state index contributed by atoms with van der Waals surface area (Å²) in [5.74, 6) is 0.688. The van der Waals surface area contributed by atoms with Crippen LogP contribution < -0.4 is 5.32 Å². The van der Waals surface area contributed by atoms with Crippen LogP contribution in [0.4, 0.5) is 0 Å². The minimum atomic E-state index is 0.489. The number of hydrogen-bond donors (Lipinski definition) is 1. The zero-order valence-electron chi connectivity index (χ0n) is 13.7. The summed E-state index contributed by atoms with van der Waals surface area (Å²) in [7, 11) is 1.79. The first-order valence-corrected chi connectivity index (χ1v) is 8.24. The molecule has 1 heterocycles. The summed E-state index contributed by atoms with van der Waals surface area (Å²) in [4.78, 5) is 2.58. The monoisotopic (exact) mass is 290 g/mol. The molecule has 118 valence electrons. The minimum absolute atomic E-state index is 0.489. The lowest BCUT2D eigenvalue weighted by atomic mass is 9.92. The largest absolute Gasteiger partial charge is 0.383 e. The van der Waals surface area contributed by atoms with Crippen molar-refractivity contribution in [2.75, 3.05) is 26.8 Å². The van der Waals surface area contributed by atoms with Crippen LogP contribution >= 0.6 is 0 Å². The van der Waals surface area contributed by atoms with Gasteiger partial charge < -0.3 is 10.1 Å². The Morgan fingerprint density at radius 3 is 2.71 bits per heavy atom. The van der Waals surface area contributed by atoms with Gasteiger partial charge >= 0.3 is 0 Å². The number of ether oxygens (including phenoxy) is 1. The summed E-state index contributed by atoms with van der Waals surface area (Å²) in [5, 5.41) is 3.79. The van der Waals surface area contributed by atoms with Gasteiger partial charge in [0.2, 0.25) is 0 Å². The van der Waals surface area contributed by atoms with Gasteiger partial charge in [-0.2, -0.15) is 0 Å². The molecule has 0 bridgehead atoms. The van der Waals surface area contributed by atoms with E-state index in [4.69, 9.17) is 4.74 Å². The highest BCUT2D eigenvalue weighted by atomic mass is 16.5. The molecule has 1 aliphatic heterocycles. The lowest BCUT2D eigenvalue weighted by Crippen LogP contribution is -2.51. The average molecular weight is 290 g/mol. The van der Waals surface area contributed by atoms with Gasteiger partial charge in [-0.1, -0.05) is 44.2 Å². The van der Waals surface area contributed by atoms with Gasteiger partial charge in [0, 0.05) is 32.3 Å².